The zero-order valence-electron chi connectivity index (χ0n) is 11.4. The largest absolute Gasteiger partial charge is 0.340 e. The molecule has 2 aliphatic rings. The molecule has 0 aromatic rings. The molecule has 1 saturated heterocycles. The molecule has 3 heteroatoms. The monoisotopic (exact) mass is 250 g/mol. The Hall–Kier alpha value is -0.830. The minimum atomic E-state index is 0.375. The van der Waals surface area contributed by atoms with Gasteiger partial charge in [0.1, 0.15) is 0 Å². The van der Waals surface area contributed by atoms with E-state index in [0.29, 0.717) is 5.91 Å². The maximum Gasteiger partial charge on any atom is 0.222 e. The van der Waals surface area contributed by atoms with Gasteiger partial charge in [0.25, 0.3) is 0 Å². The van der Waals surface area contributed by atoms with Gasteiger partial charge in [0, 0.05) is 39.1 Å². The lowest BCUT2D eigenvalue weighted by Gasteiger charge is -2.34. The molecular formula is C15H26N2O. The lowest BCUT2D eigenvalue weighted by Crippen LogP contribution is -2.48. The van der Waals surface area contributed by atoms with Crippen LogP contribution in [0.25, 0.3) is 0 Å². The summed E-state index contributed by atoms with van der Waals surface area (Å²) in [7, 11) is 0. The van der Waals surface area contributed by atoms with E-state index < -0.39 is 0 Å². The number of carbonyl (C=O) groups excluding carboxylic acids is 1. The predicted molar refractivity (Wildman–Crippen MR) is 74.4 cm³/mol. The molecule has 1 amide bonds. The van der Waals surface area contributed by atoms with E-state index in [1.165, 1.54) is 25.7 Å². The van der Waals surface area contributed by atoms with Crippen molar-refractivity contribution in [2.24, 2.45) is 5.92 Å². The van der Waals surface area contributed by atoms with Crippen molar-refractivity contribution in [3.63, 3.8) is 0 Å². The van der Waals surface area contributed by atoms with Gasteiger partial charge in [-0.15, -0.1) is 6.58 Å². The number of amides is 1. The van der Waals surface area contributed by atoms with E-state index in [4.69, 9.17) is 0 Å². The van der Waals surface area contributed by atoms with Crippen LogP contribution in [0.3, 0.4) is 0 Å². The van der Waals surface area contributed by atoms with Gasteiger partial charge >= 0.3 is 0 Å². The fourth-order valence-electron chi connectivity index (χ4n) is 3.15. The van der Waals surface area contributed by atoms with E-state index >= 15 is 0 Å². The fourth-order valence-corrected chi connectivity index (χ4v) is 3.15. The van der Waals surface area contributed by atoms with E-state index in [9.17, 15) is 4.79 Å². The van der Waals surface area contributed by atoms with Crippen molar-refractivity contribution >= 4 is 5.91 Å². The van der Waals surface area contributed by atoms with E-state index in [-0.39, 0.29) is 0 Å². The van der Waals surface area contributed by atoms with Gasteiger partial charge < -0.3 is 4.90 Å². The summed E-state index contributed by atoms with van der Waals surface area (Å²) in [5, 5.41) is 0. The van der Waals surface area contributed by atoms with Crippen molar-refractivity contribution in [2.45, 2.75) is 38.5 Å². The Morgan fingerprint density at radius 3 is 2.44 bits per heavy atom. The van der Waals surface area contributed by atoms with Crippen LogP contribution in [-0.4, -0.2) is 48.4 Å². The van der Waals surface area contributed by atoms with Crippen LogP contribution in [0.1, 0.15) is 38.5 Å². The number of rotatable bonds is 5. The molecule has 1 aliphatic carbocycles. The first-order valence-corrected chi connectivity index (χ1v) is 7.40. The Bertz CT molecular complexity index is 276. The van der Waals surface area contributed by atoms with Crippen LogP contribution in [0.2, 0.25) is 0 Å². The van der Waals surface area contributed by atoms with Crippen LogP contribution in [0.5, 0.6) is 0 Å². The Morgan fingerprint density at radius 1 is 1.17 bits per heavy atom. The molecular weight excluding hydrogens is 224 g/mol. The molecule has 18 heavy (non-hydrogen) atoms. The molecule has 0 spiro atoms. The Balaban J connectivity index is 1.65. The predicted octanol–water partition coefficient (Wildman–Crippen LogP) is 2.29. The van der Waals surface area contributed by atoms with Crippen molar-refractivity contribution < 1.29 is 4.79 Å². The van der Waals surface area contributed by atoms with Gasteiger partial charge in [-0.3, -0.25) is 9.69 Å². The molecule has 2 rings (SSSR count). The first-order chi connectivity index (χ1) is 8.79. The van der Waals surface area contributed by atoms with Gasteiger partial charge in [-0.05, 0) is 12.3 Å². The summed E-state index contributed by atoms with van der Waals surface area (Å²) in [5.41, 5.74) is 0. The maximum absolute atomic E-state index is 12.1. The highest BCUT2D eigenvalue weighted by molar-refractivity contribution is 5.76. The minimum Gasteiger partial charge on any atom is -0.340 e. The van der Waals surface area contributed by atoms with Crippen LogP contribution in [0.4, 0.5) is 0 Å². The Labute approximate surface area is 111 Å². The summed E-state index contributed by atoms with van der Waals surface area (Å²) in [6.07, 6.45) is 9.27. The second kappa shape index (κ2) is 6.93. The highest BCUT2D eigenvalue weighted by Crippen LogP contribution is 2.28. The molecule has 0 radical (unpaired) electrons. The summed E-state index contributed by atoms with van der Waals surface area (Å²) in [5.74, 6) is 1.20. The lowest BCUT2D eigenvalue weighted by molar-refractivity contribution is -0.133. The number of nitrogens with zero attached hydrogens (tertiary/aromatic N) is 2. The number of carbonyl (C=O) groups is 1. The van der Waals surface area contributed by atoms with Crippen molar-refractivity contribution in [1.29, 1.82) is 0 Å². The van der Waals surface area contributed by atoms with Crippen LogP contribution < -0.4 is 0 Å². The normalized spacial score (nSPS) is 22.3. The molecule has 0 bridgehead atoms. The fraction of sp³-hybridized carbons (Fsp3) is 0.800. The van der Waals surface area contributed by atoms with Gasteiger partial charge in [0.05, 0.1) is 0 Å². The van der Waals surface area contributed by atoms with Gasteiger partial charge in [0.15, 0.2) is 0 Å². The van der Waals surface area contributed by atoms with Crippen molar-refractivity contribution in [1.82, 2.24) is 9.80 Å². The SMILES string of the molecule is C=CCN1CCN(C(=O)CCC2CCCC2)CC1. The van der Waals surface area contributed by atoms with Gasteiger partial charge in [-0.25, -0.2) is 0 Å². The molecule has 3 nitrogen and oxygen atoms in total. The number of hydrogen-bond donors (Lipinski definition) is 0. The zero-order chi connectivity index (χ0) is 12.8. The summed E-state index contributed by atoms with van der Waals surface area (Å²) in [6.45, 7) is 8.51. The summed E-state index contributed by atoms with van der Waals surface area (Å²) < 4.78 is 0. The Morgan fingerprint density at radius 2 is 1.83 bits per heavy atom. The van der Waals surface area contributed by atoms with Crippen molar-refractivity contribution in [3.05, 3.63) is 12.7 Å². The Kier molecular flexibility index (Phi) is 5.24. The summed E-state index contributed by atoms with van der Waals surface area (Å²) >= 11 is 0. The van der Waals surface area contributed by atoms with Gasteiger partial charge in [-0.2, -0.15) is 0 Å². The molecule has 0 aromatic heterocycles. The van der Waals surface area contributed by atoms with Crippen LogP contribution in [0, 0.1) is 5.92 Å². The third-order valence-electron chi connectivity index (χ3n) is 4.35. The van der Waals surface area contributed by atoms with Crippen molar-refractivity contribution in [2.75, 3.05) is 32.7 Å². The van der Waals surface area contributed by atoms with E-state index in [1.807, 2.05) is 6.08 Å². The van der Waals surface area contributed by atoms with Gasteiger partial charge in [0.2, 0.25) is 5.91 Å². The standard InChI is InChI=1S/C15H26N2O/c1-2-9-16-10-12-17(13-11-16)15(18)8-7-14-5-3-4-6-14/h2,14H,1,3-13H2. The average molecular weight is 250 g/mol. The molecule has 0 aromatic carbocycles. The van der Waals surface area contributed by atoms with E-state index in [1.54, 1.807) is 0 Å². The minimum absolute atomic E-state index is 0.375. The molecule has 1 heterocycles. The lowest BCUT2D eigenvalue weighted by atomic mass is 10.0. The molecule has 1 aliphatic heterocycles. The topological polar surface area (TPSA) is 23.6 Å². The second-order valence-electron chi connectivity index (χ2n) is 5.66. The molecule has 1 saturated carbocycles. The van der Waals surface area contributed by atoms with Crippen molar-refractivity contribution in [3.8, 4) is 0 Å². The van der Waals surface area contributed by atoms with E-state index in [2.05, 4.69) is 16.4 Å². The highest BCUT2D eigenvalue weighted by Gasteiger charge is 2.22. The third-order valence-corrected chi connectivity index (χ3v) is 4.35. The highest BCUT2D eigenvalue weighted by atomic mass is 16.2. The quantitative estimate of drug-likeness (QED) is 0.699. The third kappa shape index (κ3) is 3.84. The number of hydrogen-bond acceptors (Lipinski definition) is 2. The second-order valence-corrected chi connectivity index (χ2v) is 5.66. The number of piperazine rings is 1. The van der Waals surface area contributed by atoms with Crippen LogP contribution in [0.15, 0.2) is 12.7 Å². The first kappa shape index (κ1) is 13.6. The molecule has 102 valence electrons. The first-order valence-electron chi connectivity index (χ1n) is 7.40. The van der Waals surface area contributed by atoms with Crippen LogP contribution >= 0.6 is 0 Å². The molecule has 0 atom stereocenters. The van der Waals surface area contributed by atoms with E-state index in [0.717, 1.165) is 51.5 Å². The van der Waals surface area contributed by atoms with Gasteiger partial charge in [-0.1, -0.05) is 31.8 Å². The molecule has 0 N–H and O–H groups in total. The van der Waals surface area contributed by atoms with Crippen LogP contribution in [-0.2, 0) is 4.79 Å². The molecule has 0 unspecified atom stereocenters. The maximum atomic E-state index is 12.1. The summed E-state index contributed by atoms with van der Waals surface area (Å²) in [6, 6.07) is 0. The zero-order valence-corrected chi connectivity index (χ0v) is 11.4. The smallest absolute Gasteiger partial charge is 0.222 e. The average Bonchev–Trinajstić information content (AvgIpc) is 2.90. The molecule has 2 fully saturated rings. The summed E-state index contributed by atoms with van der Waals surface area (Å²) in [4.78, 5) is 16.5.